The third kappa shape index (κ3) is 6.51. The predicted octanol–water partition coefficient (Wildman–Crippen LogP) is 0.837. The number of methoxy groups -OCH3 is 1. The quantitative estimate of drug-likeness (QED) is 0.360. The van der Waals surface area contributed by atoms with Gasteiger partial charge in [0.2, 0.25) is 10.0 Å². The van der Waals surface area contributed by atoms with E-state index in [4.69, 9.17) is 9.47 Å². The molecule has 7 nitrogen and oxygen atoms in total. The third-order valence-corrected chi connectivity index (χ3v) is 5.95. The molecule has 0 saturated carbocycles. The summed E-state index contributed by atoms with van der Waals surface area (Å²) in [6, 6.07) is 5.29. The molecular weight excluding hydrogens is 471 g/mol. The van der Waals surface area contributed by atoms with Crippen LogP contribution in [-0.4, -0.2) is 65.3 Å². The largest absolute Gasteiger partial charge is 0.468 e. The van der Waals surface area contributed by atoms with E-state index in [-0.39, 0.29) is 11.3 Å². The molecule has 26 heavy (non-hydrogen) atoms. The van der Waals surface area contributed by atoms with Crippen molar-refractivity contribution in [3.63, 3.8) is 0 Å². The lowest BCUT2D eigenvalue weighted by molar-refractivity contribution is -0.142. The summed E-state index contributed by atoms with van der Waals surface area (Å²) in [5.74, 6) is 5.18. The van der Waals surface area contributed by atoms with Gasteiger partial charge < -0.3 is 9.47 Å². The van der Waals surface area contributed by atoms with Crippen LogP contribution in [0.25, 0.3) is 0 Å². The number of carbonyl (C=O) groups excluding carboxylic acids is 1. The molecular formula is C17H21IN2O5S. The number of esters is 1. The van der Waals surface area contributed by atoms with E-state index in [9.17, 15) is 13.2 Å². The van der Waals surface area contributed by atoms with Gasteiger partial charge in [0, 0.05) is 23.1 Å². The second-order valence-electron chi connectivity index (χ2n) is 5.60. The van der Waals surface area contributed by atoms with Crippen molar-refractivity contribution in [2.45, 2.75) is 17.4 Å². The number of nitrogens with one attached hydrogen (secondary N) is 1. The lowest BCUT2D eigenvalue weighted by Crippen LogP contribution is -2.41. The topological polar surface area (TPSA) is 84.9 Å². The monoisotopic (exact) mass is 492 g/mol. The Kier molecular flexibility index (Phi) is 8.30. The zero-order chi connectivity index (χ0) is 19.0. The number of rotatable bonds is 6. The smallest absolute Gasteiger partial charge is 0.324 e. The van der Waals surface area contributed by atoms with E-state index in [1.54, 1.807) is 12.1 Å². The van der Waals surface area contributed by atoms with E-state index in [2.05, 4.69) is 44.1 Å². The number of benzene rings is 1. The average molecular weight is 492 g/mol. The van der Waals surface area contributed by atoms with Crippen molar-refractivity contribution in [1.82, 2.24) is 9.62 Å². The highest BCUT2D eigenvalue weighted by molar-refractivity contribution is 14.1. The molecule has 1 aliphatic heterocycles. The standard InChI is InChI=1S/C17H21IN2O5S/c1-24-17(21)16(4-2-3-9-20-10-12-25-13-11-20)19-26(22,23)15-7-5-14(18)6-8-15/h5-8,16,19H,4,9-13H2,1H3. The van der Waals surface area contributed by atoms with E-state index in [0.29, 0.717) is 19.8 Å². The zero-order valence-corrected chi connectivity index (χ0v) is 17.4. The molecule has 1 N–H and O–H groups in total. The maximum absolute atomic E-state index is 12.5. The second-order valence-corrected chi connectivity index (χ2v) is 8.56. The molecule has 0 radical (unpaired) electrons. The summed E-state index contributed by atoms with van der Waals surface area (Å²) in [6.07, 6.45) is 0.0423. The Morgan fingerprint density at radius 1 is 1.31 bits per heavy atom. The van der Waals surface area contributed by atoms with Gasteiger partial charge in [-0.2, -0.15) is 4.72 Å². The van der Waals surface area contributed by atoms with Crippen LogP contribution in [0.3, 0.4) is 0 Å². The molecule has 0 amide bonds. The van der Waals surface area contributed by atoms with Gasteiger partial charge in [-0.05, 0) is 46.9 Å². The first-order valence-corrected chi connectivity index (χ1v) is 10.6. The normalized spacial score (nSPS) is 16.4. The fraction of sp³-hybridized carbons (Fsp3) is 0.471. The van der Waals surface area contributed by atoms with Gasteiger partial charge in [-0.25, -0.2) is 8.42 Å². The molecule has 1 aromatic rings. The van der Waals surface area contributed by atoms with Crippen LogP contribution >= 0.6 is 22.6 Å². The van der Waals surface area contributed by atoms with E-state index in [1.807, 2.05) is 0 Å². The lowest BCUT2D eigenvalue weighted by atomic mass is 10.2. The lowest BCUT2D eigenvalue weighted by Gasteiger charge is -2.24. The zero-order valence-electron chi connectivity index (χ0n) is 14.4. The van der Waals surface area contributed by atoms with E-state index in [0.717, 1.165) is 16.7 Å². The van der Waals surface area contributed by atoms with Crippen LogP contribution in [-0.2, 0) is 24.3 Å². The van der Waals surface area contributed by atoms with Gasteiger partial charge >= 0.3 is 5.97 Å². The number of carbonyl (C=O) groups is 1. The van der Waals surface area contributed by atoms with Crippen LogP contribution in [0.5, 0.6) is 0 Å². The first-order valence-electron chi connectivity index (χ1n) is 8.04. The van der Waals surface area contributed by atoms with Gasteiger partial charge in [0.15, 0.2) is 0 Å². The summed E-state index contributed by atoms with van der Waals surface area (Å²) in [6.45, 7) is 3.55. The maximum Gasteiger partial charge on any atom is 0.324 e. The van der Waals surface area contributed by atoms with Crippen molar-refractivity contribution in [1.29, 1.82) is 0 Å². The van der Waals surface area contributed by atoms with Crippen LogP contribution in [0.1, 0.15) is 6.42 Å². The van der Waals surface area contributed by atoms with Crippen molar-refractivity contribution >= 4 is 38.6 Å². The minimum Gasteiger partial charge on any atom is -0.468 e. The number of ether oxygens (including phenoxy) is 2. The highest BCUT2D eigenvalue weighted by Gasteiger charge is 2.25. The van der Waals surface area contributed by atoms with Crippen molar-refractivity contribution in [3.05, 3.63) is 27.8 Å². The van der Waals surface area contributed by atoms with Gasteiger partial charge in [-0.1, -0.05) is 11.8 Å². The van der Waals surface area contributed by atoms with Gasteiger partial charge in [0.1, 0.15) is 6.04 Å². The molecule has 142 valence electrons. The Morgan fingerprint density at radius 3 is 2.58 bits per heavy atom. The van der Waals surface area contributed by atoms with Crippen molar-refractivity contribution in [2.24, 2.45) is 0 Å². The fourth-order valence-electron chi connectivity index (χ4n) is 2.29. The molecule has 1 saturated heterocycles. The molecule has 0 bridgehead atoms. The van der Waals surface area contributed by atoms with E-state index < -0.39 is 22.0 Å². The number of sulfonamides is 1. The number of nitrogens with zero attached hydrogens (tertiary/aromatic N) is 1. The molecule has 1 unspecified atom stereocenters. The Balaban J connectivity index is 2.00. The van der Waals surface area contributed by atoms with Gasteiger partial charge in [-0.3, -0.25) is 9.69 Å². The van der Waals surface area contributed by atoms with Crippen molar-refractivity contribution < 1.29 is 22.7 Å². The molecule has 2 rings (SSSR count). The highest BCUT2D eigenvalue weighted by Crippen LogP contribution is 2.13. The van der Waals surface area contributed by atoms with Gasteiger partial charge in [0.25, 0.3) is 0 Å². The molecule has 0 aromatic heterocycles. The summed E-state index contributed by atoms with van der Waals surface area (Å²) >= 11 is 2.09. The van der Waals surface area contributed by atoms with Crippen molar-refractivity contribution in [2.75, 3.05) is 40.0 Å². The van der Waals surface area contributed by atoms with Crippen LogP contribution in [0.4, 0.5) is 0 Å². The molecule has 0 spiro atoms. The highest BCUT2D eigenvalue weighted by atomic mass is 127. The first kappa shape index (κ1) is 21.1. The average Bonchev–Trinajstić information content (AvgIpc) is 2.64. The van der Waals surface area contributed by atoms with E-state index >= 15 is 0 Å². The van der Waals surface area contributed by atoms with Crippen LogP contribution in [0.2, 0.25) is 0 Å². The fourth-order valence-corrected chi connectivity index (χ4v) is 3.83. The molecule has 1 aliphatic rings. The number of hydrogen-bond acceptors (Lipinski definition) is 6. The number of halogens is 1. The third-order valence-electron chi connectivity index (χ3n) is 3.74. The molecule has 0 aliphatic carbocycles. The second kappa shape index (κ2) is 10.2. The summed E-state index contributed by atoms with van der Waals surface area (Å²) in [7, 11) is -2.62. The summed E-state index contributed by atoms with van der Waals surface area (Å²) in [4.78, 5) is 14.2. The Hall–Kier alpha value is -1.19. The van der Waals surface area contributed by atoms with Crippen LogP contribution in [0, 0.1) is 15.4 Å². The molecule has 1 atom stereocenters. The molecule has 1 heterocycles. The Bertz CT molecular complexity index is 765. The SMILES string of the molecule is COC(=O)C(CC#CCN1CCOCC1)NS(=O)(=O)c1ccc(I)cc1. The number of hydrogen-bond donors (Lipinski definition) is 1. The molecule has 9 heteroatoms. The molecule has 1 aromatic carbocycles. The van der Waals surface area contributed by atoms with Crippen LogP contribution in [0.15, 0.2) is 29.2 Å². The summed E-state index contributed by atoms with van der Waals surface area (Å²) in [5, 5.41) is 0. The molecule has 1 fully saturated rings. The minimum absolute atomic E-state index is 0.0423. The first-order chi connectivity index (χ1) is 12.4. The number of morpholine rings is 1. The summed E-state index contributed by atoms with van der Waals surface area (Å²) < 4.78 is 38.2. The minimum atomic E-state index is -3.84. The predicted molar refractivity (Wildman–Crippen MR) is 105 cm³/mol. The van der Waals surface area contributed by atoms with Crippen LogP contribution < -0.4 is 4.72 Å². The van der Waals surface area contributed by atoms with Crippen molar-refractivity contribution in [3.8, 4) is 11.8 Å². The maximum atomic E-state index is 12.5. The van der Waals surface area contributed by atoms with Gasteiger partial charge in [-0.15, -0.1) is 0 Å². The summed E-state index contributed by atoms with van der Waals surface area (Å²) in [5.41, 5.74) is 0. The van der Waals surface area contributed by atoms with E-state index in [1.165, 1.54) is 19.2 Å². The Morgan fingerprint density at radius 2 is 1.96 bits per heavy atom. The Labute approximate surface area is 167 Å². The van der Waals surface area contributed by atoms with Gasteiger partial charge in [0.05, 0.1) is 31.8 Å².